The zero-order valence-electron chi connectivity index (χ0n) is 19.7. The number of nitrogen functional groups attached to an aromatic ring is 1. The zero-order chi connectivity index (χ0) is 25.3. The molecule has 0 aliphatic rings. The number of anilines is 2. The van der Waals surface area contributed by atoms with Crippen molar-refractivity contribution in [3.05, 3.63) is 79.9 Å². The van der Waals surface area contributed by atoms with E-state index in [9.17, 15) is 10.1 Å². The van der Waals surface area contributed by atoms with Crippen LogP contribution in [-0.4, -0.2) is 23.2 Å². The number of rotatable bonds is 5. The molecule has 0 aliphatic carbocycles. The van der Waals surface area contributed by atoms with Crippen molar-refractivity contribution in [3.8, 4) is 17.4 Å². The van der Waals surface area contributed by atoms with Gasteiger partial charge in [-0.25, -0.2) is 9.97 Å². The molecule has 3 N–H and O–H groups in total. The minimum Gasteiger partial charge on any atom is -0.455 e. The van der Waals surface area contributed by atoms with Crippen molar-refractivity contribution in [1.29, 1.82) is 5.26 Å². The van der Waals surface area contributed by atoms with Crippen molar-refractivity contribution in [2.75, 3.05) is 18.1 Å². The molecule has 0 amide bonds. The van der Waals surface area contributed by atoms with Gasteiger partial charge in [-0.3, -0.25) is 9.79 Å². The van der Waals surface area contributed by atoms with Crippen LogP contribution in [0.15, 0.2) is 50.7 Å². The molecule has 0 radical (unpaired) electrons. The maximum atomic E-state index is 13.4. The lowest BCUT2D eigenvalue weighted by atomic mass is 9.98. The fourth-order valence-corrected chi connectivity index (χ4v) is 4.12. The zero-order valence-corrected chi connectivity index (χ0v) is 20.4. The predicted octanol–water partition coefficient (Wildman–Crippen LogP) is 5.20. The van der Waals surface area contributed by atoms with E-state index in [1.54, 1.807) is 44.6 Å². The van der Waals surface area contributed by atoms with Gasteiger partial charge >= 0.3 is 0 Å². The van der Waals surface area contributed by atoms with E-state index in [1.165, 1.54) is 0 Å². The summed E-state index contributed by atoms with van der Waals surface area (Å²) in [4.78, 5) is 25.7. The van der Waals surface area contributed by atoms with Gasteiger partial charge in [0.05, 0.1) is 17.1 Å². The topological polar surface area (TPSA) is 130 Å². The minimum absolute atomic E-state index is 0.133. The first-order chi connectivity index (χ1) is 16.7. The summed E-state index contributed by atoms with van der Waals surface area (Å²) in [5, 5.41) is 13.5. The molecule has 176 valence electrons. The number of aliphatic imine (C=N–C) groups is 1. The average Bonchev–Trinajstić information content (AvgIpc) is 2.84. The van der Waals surface area contributed by atoms with Gasteiger partial charge in [0, 0.05) is 41.7 Å². The average molecular weight is 487 g/mol. The first-order valence-corrected chi connectivity index (χ1v) is 11.2. The summed E-state index contributed by atoms with van der Waals surface area (Å²) in [6.45, 7) is 5.57. The second-order valence-electron chi connectivity index (χ2n) is 8.21. The van der Waals surface area contributed by atoms with E-state index in [-0.39, 0.29) is 22.3 Å². The molecule has 8 nitrogen and oxygen atoms in total. The van der Waals surface area contributed by atoms with E-state index < -0.39 is 0 Å². The summed E-state index contributed by atoms with van der Waals surface area (Å²) in [5.74, 6) is 0.739. The fourth-order valence-electron chi connectivity index (χ4n) is 3.97. The SMILES string of the molecule is CN=Cc1cc(-c2oc3c(C(C)Nc4ccc(Cl)nc4C#N)cc(C)cc3c(=O)c2C)cnc1N. The Morgan fingerprint density at radius 3 is 2.77 bits per heavy atom. The molecule has 0 aliphatic heterocycles. The van der Waals surface area contributed by atoms with Crippen molar-refractivity contribution < 1.29 is 4.42 Å². The van der Waals surface area contributed by atoms with E-state index in [2.05, 4.69) is 20.3 Å². The molecule has 0 saturated heterocycles. The van der Waals surface area contributed by atoms with Crippen LogP contribution in [0.5, 0.6) is 0 Å². The number of aromatic nitrogens is 2. The highest BCUT2D eigenvalue weighted by molar-refractivity contribution is 6.29. The van der Waals surface area contributed by atoms with E-state index in [0.29, 0.717) is 44.9 Å². The van der Waals surface area contributed by atoms with Crippen molar-refractivity contribution in [3.63, 3.8) is 0 Å². The van der Waals surface area contributed by atoms with Gasteiger partial charge in [-0.1, -0.05) is 17.7 Å². The Bertz CT molecular complexity index is 1590. The summed E-state index contributed by atoms with van der Waals surface area (Å²) in [6.07, 6.45) is 3.18. The van der Waals surface area contributed by atoms with Gasteiger partial charge in [0.1, 0.15) is 28.4 Å². The highest BCUT2D eigenvalue weighted by atomic mass is 35.5. The number of halogens is 1. The van der Waals surface area contributed by atoms with Crippen LogP contribution in [0.25, 0.3) is 22.3 Å². The monoisotopic (exact) mass is 486 g/mol. The smallest absolute Gasteiger partial charge is 0.196 e. The van der Waals surface area contributed by atoms with E-state index >= 15 is 0 Å². The normalized spacial score (nSPS) is 12.1. The maximum Gasteiger partial charge on any atom is 0.196 e. The van der Waals surface area contributed by atoms with Crippen LogP contribution in [0, 0.1) is 25.2 Å². The molecule has 1 unspecified atom stereocenters. The standard InChI is InChI=1S/C26H23ClN6O2/c1-13-7-18(15(3)32-20-5-6-22(27)33-21(20)10-28)25-19(8-13)23(34)14(2)24(35-25)16-9-17(11-30-4)26(29)31-12-16/h5-9,11-12,15,32H,1-4H3,(H2,29,31). The van der Waals surface area contributed by atoms with Crippen LogP contribution in [0.1, 0.15) is 40.9 Å². The summed E-state index contributed by atoms with van der Waals surface area (Å²) in [5.41, 5.74) is 10.4. The third-order valence-electron chi connectivity index (χ3n) is 5.68. The molecule has 3 heterocycles. The van der Waals surface area contributed by atoms with Crippen molar-refractivity contribution in [2.24, 2.45) is 4.99 Å². The van der Waals surface area contributed by atoms with Gasteiger partial charge in [0.15, 0.2) is 11.1 Å². The van der Waals surface area contributed by atoms with Crippen LogP contribution in [0.4, 0.5) is 11.5 Å². The van der Waals surface area contributed by atoms with Crippen LogP contribution in [0.3, 0.4) is 0 Å². The highest BCUT2D eigenvalue weighted by Crippen LogP contribution is 2.33. The third kappa shape index (κ3) is 4.59. The van der Waals surface area contributed by atoms with Crippen molar-refractivity contribution in [2.45, 2.75) is 26.8 Å². The molecule has 0 saturated carbocycles. The lowest BCUT2D eigenvalue weighted by molar-refractivity contribution is 0.605. The number of benzene rings is 1. The molecule has 4 aromatic rings. The van der Waals surface area contributed by atoms with Gasteiger partial charge in [0.25, 0.3) is 0 Å². The minimum atomic E-state index is -0.321. The van der Waals surface area contributed by atoms with Gasteiger partial charge < -0.3 is 15.5 Å². The largest absolute Gasteiger partial charge is 0.455 e. The molecule has 0 bridgehead atoms. The Morgan fingerprint density at radius 2 is 2.06 bits per heavy atom. The molecule has 35 heavy (non-hydrogen) atoms. The fraction of sp³-hybridized carbons (Fsp3) is 0.192. The second kappa shape index (κ2) is 9.57. The summed E-state index contributed by atoms with van der Waals surface area (Å²) in [7, 11) is 1.64. The van der Waals surface area contributed by atoms with E-state index in [4.69, 9.17) is 21.8 Å². The number of pyridine rings is 2. The number of nitrogens with one attached hydrogen (secondary N) is 1. The Hall–Kier alpha value is -4.22. The lowest BCUT2D eigenvalue weighted by Gasteiger charge is -2.19. The lowest BCUT2D eigenvalue weighted by Crippen LogP contribution is -2.13. The Labute approximate surface area is 207 Å². The Kier molecular flexibility index (Phi) is 6.54. The van der Waals surface area contributed by atoms with Crippen molar-refractivity contribution in [1.82, 2.24) is 9.97 Å². The molecular formula is C26H23ClN6O2. The van der Waals surface area contributed by atoms with Gasteiger partial charge in [-0.05, 0) is 50.6 Å². The van der Waals surface area contributed by atoms with Gasteiger partial charge in [0.2, 0.25) is 0 Å². The number of nitrogens with two attached hydrogens (primary N) is 1. The Morgan fingerprint density at radius 1 is 1.29 bits per heavy atom. The van der Waals surface area contributed by atoms with Gasteiger partial charge in [-0.2, -0.15) is 5.26 Å². The van der Waals surface area contributed by atoms with Crippen LogP contribution in [0.2, 0.25) is 5.15 Å². The maximum absolute atomic E-state index is 13.4. The number of nitrogens with zero attached hydrogens (tertiary/aromatic N) is 4. The number of aryl methyl sites for hydroxylation is 1. The second-order valence-corrected chi connectivity index (χ2v) is 8.60. The first-order valence-electron chi connectivity index (χ1n) is 10.8. The number of hydrogen-bond donors (Lipinski definition) is 2. The molecule has 4 rings (SSSR count). The Balaban J connectivity index is 1.90. The molecule has 1 aromatic carbocycles. The molecule has 0 fully saturated rings. The third-order valence-corrected chi connectivity index (χ3v) is 5.89. The quantitative estimate of drug-likeness (QED) is 0.293. The van der Waals surface area contributed by atoms with Crippen LogP contribution in [-0.2, 0) is 0 Å². The number of hydrogen-bond acceptors (Lipinski definition) is 8. The first kappa shape index (κ1) is 23.9. The molecule has 1 atom stereocenters. The predicted molar refractivity (Wildman–Crippen MR) is 139 cm³/mol. The van der Waals surface area contributed by atoms with Crippen LogP contribution >= 0.6 is 11.6 Å². The molecule has 3 aromatic heterocycles. The number of fused-ring (bicyclic) bond motifs is 1. The van der Waals surface area contributed by atoms with E-state index in [1.807, 2.05) is 32.0 Å². The number of nitriles is 1. The van der Waals surface area contributed by atoms with Gasteiger partial charge in [-0.15, -0.1) is 0 Å². The molecule has 0 spiro atoms. The van der Waals surface area contributed by atoms with Crippen molar-refractivity contribution >= 4 is 40.3 Å². The molecular weight excluding hydrogens is 464 g/mol. The summed E-state index contributed by atoms with van der Waals surface area (Å²) < 4.78 is 6.39. The van der Waals surface area contributed by atoms with E-state index in [0.717, 1.165) is 11.1 Å². The summed E-state index contributed by atoms with van der Waals surface area (Å²) in [6, 6.07) is 10.6. The molecule has 9 heteroatoms. The van der Waals surface area contributed by atoms with Crippen LogP contribution < -0.4 is 16.5 Å². The highest BCUT2D eigenvalue weighted by Gasteiger charge is 2.20. The summed E-state index contributed by atoms with van der Waals surface area (Å²) >= 11 is 5.94.